The molecule has 1 rings (SSSR count). The number of hydrogen-bond donors (Lipinski definition) is 1. The highest BCUT2D eigenvalue weighted by atomic mass is 35.5. The molecule has 0 aliphatic rings. The van der Waals surface area contributed by atoms with Gasteiger partial charge in [0.1, 0.15) is 11.5 Å². The number of hydrogen-bond acceptors (Lipinski definition) is 3. The Labute approximate surface area is 111 Å². The minimum absolute atomic E-state index is 0.444. The van der Waals surface area contributed by atoms with Crippen molar-refractivity contribution in [3.05, 3.63) is 28.8 Å². The first-order valence-electron chi connectivity index (χ1n) is 5.04. The molecule has 0 spiro atoms. The van der Waals surface area contributed by atoms with Crippen LogP contribution in [0.1, 0.15) is 5.56 Å². The molecule has 0 unspecified atom stereocenters. The monoisotopic (exact) mass is 285 g/mol. The second-order valence-electron chi connectivity index (χ2n) is 3.74. The van der Waals surface area contributed by atoms with E-state index in [4.69, 9.17) is 18.0 Å². The average Bonchev–Trinajstić information content (AvgIpc) is 2.21. The van der Waals surface area contributed by atoms with Crippen molar-refractivity contribution in [1.29, 1.82) is 0 Å². The van der Waals surface area contributed by atoms with Crippen molar-refractivity contribution >= 4 is 33.0 Å². The molecule has 0 aliphatic carbocycles. The van der Waals surface area contributed by atoms with Crippen LogP contribution < -0.4 is 5.32 Å². The predicted octanol–water partition coefficient (Wildman–Crippen LogP) is 1.63. The van der Waals surface area contributed by atoms with Crippen molar-refractivity contribution in [2.75, 3.05) is 16.8 Å². The summed E-state index contributed by atoms with van der Waals surface area (Å²) in [5.74, 6) is 0.325. The SMILES string of the molecule is C#CCS(=O)(=O)CC(=O)Nc1ccc(Cl)cc1C. The highest BCUT2D eigenvalue weighted by Gasteiger charge is 2.16. The molecule has 0 fully saturated rings. The summed E-state index contributed by atoms with van der Waals surface area (Å²) in [6.07, 6.45) is 4.91. The molecule has 0 bridgehead atoms. The minimum Gasteiger partial charge on any atom is -0.325 e. The number of amides is 1. The van der Waals surface area contributed by atoms with Crippen LogP contribution in [0.25, 0.3) is 0 Å². The fourth-order valence-electron chi connectivity index (χ4n) is 1.33. The van der Waals surface area contributed by atoms with E-state index in [1.165, 1.54) is 0 Å². The summed E-state index contributed by atoms with van der Waals surface area (Å²) in [4.78, 5) is 11.5. The molecule has 18 heavy (non-hydrogen) atoms. The van der Waals surface area contributed by atoms with Gasteiger partial charge < -0.3 is 5.32 Å². The van der Waals surface area contributed by atoms with Crippen molar-refractivity contribution in [2.45, 2.75) is 6.92 Å². The lowest BCUT2D eigenvalue weighted by molar-refractivity contribution is -0.113. The normalized spacial score (nSPS) is 10.7. The van der Waals surface area contributed by atoms with Gasteiger partial charge in [0.15, 0.2) is 9.84 Å². The van der Waals surface area contributed by atoms with Gasteiger partial charge in [0, 0.05) is 10.7 Å². The van der Waals surface area contributed by atoms with Gasteiger partial charge in [-0.25, -0.2) is 8.42 Å². The van der Waals surface area contributed by atoms with E-state index in [1.54, 1.807) is 25.1 Å². The van der Waals surface area contributed by atoms with E-state index in [0.717, 1.165) is 5.56 Å². The fraction of sp³-hybridized carbons (Fsp3) is 0.250. The molecule has 6 heteroatoms. The Hall–Kier alpha value is -1.51. The standard InChI is InChI=1S/C12H12ClNO3S/c1-3-6-18(16,17)8-12(15)14-11-5-4-10(13)7-9(11)2/h1,4-5,7H,6,8H2,2H3,(H,14,15). The van der Waals surface area contributed by atoms with Crippen LogP contribution in [0.15, 0.2) is 18.2 Å². The van der Waals surface area contributed by atoms with Gasteiger partial charge in [-0.1, -0.05) is 17.5 Å². The molecular weight excluding hydrogens is 274 g/mol. The van der Waals surface area contributed by atoms with E-state index in [-0.39, 0.29) is 0 Å². The Morgan fingerprint density at radius 2 is 2.17 bits per heavy atom. The van der Waals surface area contributed by atoms with Crippen molar-refractivity contribution in [2.24, 2.45) is 0 Å². The van der Waals surface area contributed by atoms with E-state index in [0.29, 0.717) is 10.7 Å². The van der Waals surface area contributed by atoms with Gasteiger partial charge in [-0.15, -0.1) is 6.42 Å². The average molecular weight is 286 g/mol. The van der Waals surface area contributed by atoms with E-state index in [1.807, 2.05) is 5.92 Å². The predicted molar refractivity (Wildman–Crippen MR) is 72.3 cm³/mol. The summed E-state index contributed by atoms with van der Waals surface area (Å²) in [6, 6.07) is 4.90. The number of benzene rings is 1. The molecule has 1 aromatic carbocycles. The third kappa shape index (κ3) is 4.40. The van der Waals surface area contributed by atoms with E-state index >= 15 is 0 Å². The van der Waals surface area contributed by atoms with E-state index in [2.05, 4.69) is 5.32 Å². The van der Waals surface area contributed by atoms with Crippen molar-refractivity contribution < 1.29 is 13.2 Å². The Bertz CT molecular complexity index is 602. The Morgan fingerprint density at radius 1 is 1.50 bits per heavy atom. The van der Waals surface area contributed by atoms with Crippen molar-refractivity contribution in [3.63, 3.8) is 0 Å². The van der Waals surface area contributed by atoms with Crippen LogP contribution in [0.2, 0.25) is 5.02 Å². The molecule has 0 saturated carbocycles. The van der Waals surface area contributed by atoms with Gasteiger partial charge in [-0.2, -0.15) is 0 Å². The second-order valence-corrected chi connectivity index (χ2v) is 6.24. The first-order valence-corrected chi connectivity index (χ1v) is 7.24. The molecule has 1 N–H and O–H groups in total. The number of terminal acetylenes is 1. The number of aryl methyl sites for hydroxylation is 1. The Morgan fingerprint density at radius 3 is 2.72 bits per heavy atom. The first-order chi connectivity index (χ1) is 8.34. The fourth-order valence-corrected chi connectivity index (χ4v) is 2.39. The minimum atomic E-state index is -3.55. The van der Waals surface area contributed by atoms with Crippen LogP contribution in [0, 0.1) is 19.3 Å². The topological polar surface area (TPSA) is 63.2 Å². The van der Waals surface area contributed by atoms with Crippen LogP contribution in [0.3, 0.4) is 0 Å². The summed E-state index contributed by atoms with van der Waals surface area (Å²) in [6.45, 7) is 1.76. The van der Waals surface area contributed by atoms with Gasteiger partial charge in [-0.05, 0) is 30.7 Å². The molecule has 0 aromatic heterocycles. The van der Waals surface area contributed by atoms with Gasteiger partial charge in [0.05, 0.1) is 0 Å². The first kappa shape index (κ1) is 14.6. The maximum absolute atomic E-state index is 11.5. The number of carbonyl (C=O) groups is 1. The van der Waals surface area contributed by atoms with Gasteiger partial charge in [-0.3, -0.25) is 4.79 Å². The molecule has 96 valence electrons. The maximum atomic E-state index is 11.5. The number of rotatable bonds is 4. The quantitative estimate of drug-likeness (QED) is 0.856. The zero-order chi connectivity index (χ0) is 13.8. The zero-order valence-electron chi connectivity index (χ0n) is 9.73. The number of nitrogens with one attached hydrogen (secondary N) is 1. The lowest BCUT2D eigenvalue weighted by Gasteiger charge is -2.08. The van der Waals surface area contributed by atoms with E-state index < -0.39 is 27.3 Å². The van der Waals surface area contributed by atoms with Gasteiger partial charge >= 0.3 is 0 Å². The lowest BCUT2D eigenvalue weighted by Crippen LogP contribution is -2.24. The molecular formula is C12H12ClNO3S. The van der Waals surface area contributed by atoms with Crippen LogP contribution in [-0.2, 0) is 14.6 Å². The molecule has 0 atom stereocenters. The lowest BCUT2D eigenvalue weighted by atomic mass is 10.2. The summed E-state index contributed by atoms with van der Waals surface area (Å²) in [7, 11) is -3.55. The number of anilines is 1. The highest BCUT2D eigenvalue weighted by Crippen LogP contribution is 2.19. The number of halogens is 1. The molecule has 0 aliphatic heterocycles. The summed E-state index contributed by atoms with van der Waals surface area (Å²) in [5.41, 5.74) is 1.28. The molecule has 0 saturated heterocycles. The second kappa shape index (κ2) is 5.89. The number of sulfone groups is 1. The van der Waals surface area contributed by atoms with Crippen LogP contribution in [0.4, 0.5) is 5.69 Å². The maximum Gasteiger partial charge on any atom is 0.239 e. The van der Waals surface area contributed by atoms with Crippen molar-refractivity contribution in [1.82, 2.24) is 0 Å². The smallest absolute Gasteiger partial charge is 0.239 e. The Balaban J connectivity index is 2.75. The third-order valence-electron chi connectivity index (χ3n) is 2.12. The molecule has 1 amide bonds. The van der Waals surface area contributed by atoms with E-state index in [9.17, 15) is 13.2 Å². The van der Waals surface area contributed by atoms with Crippen molar-refractivity contribution in [3.8, 4) is 12.3 Å². The molecule has 4 nitrogen and oxygen atoms in total. The highest BCUT2D eigenvalue weighted by molar-refractivity contribution is 7.92. The zero-order valence-corrected chi connectivity index (χ0v) is 11.3. The molecule has 0 heterocycles. The van der Waals surface area contributed by atoms with Crippen LogP contribution in [-0.4, -0.2) is 25.8 Å². The Kier molecular flexibility index (Phi) is 4.76. The summed E-state index contributed by atoms with van der Waals surface area (Å²) >= 11 is 5.77. The molecule has 0 radical (unpaired) electrons. The third-order valence-corrected chi connectivity index (χ3v) is 3.66. The largest absolute Gasteiger partial charge is 0.325 e. The van der Waals surface area contributed by atoms with Crippen LogP contribution >= 0.6 is 11.6 Å². The van der Waals surface area contributed by atoms with Gasteiger partial charge in [0.2, 0.25) is 5.91 Å². The van der Waals surface area contributed by atoms with Gasteiger partial charge in [0.25, 0.3) is 0 Å². The summed E-state index contributed by atoms with van der Waals surface area (Å²) in [5, 5.41) is 3.05. The van der Waals surface area contributed by atoms with Crippen LogP contribution in [0.5, 0.6) is 0 Å². The number of carbonyl (C=O) groups excluding carboxylic acids is 1. The summed E-state index contributed by atoms with van der Waals surface area (Å²) < 4.78 is 22.7. The molecule has 1 aromatic rings.